The summed E-state index contributed by atoms with van der Waals surface area (Å²) in [6, 6.07) is 26.0. The van der Waals surface area contributed by atoms with Gasteiger partial charge in [-0.2, -0.15) is 0 Å². The van der Waals surface area contributed by atoms with Gasteiger partial charge in [0.15, 0.2) is 5.11 Å². The van der Waals surface area contributed by atoms with E-state index in [1.54, 1.807) is 30.3 Å². The van der Waals surface area contributed by atoms with Gasteiger partial charge in [-0.25, -0.2) is 4.39 Å². The number of nitrogens with one attached hydrogen (secondary N) is 1. The molecule has 40 heavy (non-hydrogen) atoms. The molecule has 0 amide bonds. The molecule has 7 nitrogen and oxygen atoms in total. The van der Waals surface area contributed by atoms with E-state index in [1.807, 2.05) is 47.4 Å². The minimum Gasteiger partial charge on any atom is -0.508 e. The van der Waals surface area contributed by atoms with Crippen LogP contribution in [0, 0.1) is 5.82 Å². The Bertz CT molecular complexity index is 1550. The lowest BCUT2D eigenvalue weighted by Gasteiger charge is -2.29. The Kier molecular flexibility index (Phi) is 8.03. The number of benzene rings is 4. The van der Waals surface area contributed by atoms with Crippen LogP contribution in [0.2, 0.25) is 0 Å². The fourth-order valence-electron chi connectivity index (χ4n) is 5.08. The van der Waals surface area contributed by atoms with E-state index in [-0.39, 0.29) is 29.0 Å². The van der Waals surface area contributed by atoms with Gasteiger partial charge in [-0.05, 0) is 84.2 Å². The molecule has 0 aromatic heterocycles. The van der Waals surface area contributed by atoms with E-state index >= 15 is 0 Å². The van der Waals surface area contributed by atoms with Gasteiger partial charge in [-0.3, -0.25) is 4.57 Å². The summed E-state index contributed by atoms with van der Waals surface area (Å²) in [5.41, 5.74) is 3.48. The quantitative estimate of drug-likeness (QED) is 0.141. The van der Waals surface area contributed by atoms with Gasteiger partial charge < -0.3 is 30.2 Å². The van der Waals surface area contributed by atoms with Crippen molar-refractivity contribution in [1.82, 2.24) is 5.32 Å². The fourth-order valence-corrected chi connectivity index (χ4v) is 5.98. The highest BCUT2D eigenvalue weighted by Crippen LogP contribution is 2.42. The summed E-state index contributed by atoms with van der Waals surface area (Å²) in [4.78, 5) is 20.7. The van der Waals surface area contributed by atoms with Gasteiger partial charge in [-0.15, -0.1) is 0 Å². The van der Waals surface area contributed by atoms with Gasteiger partial charge in [-0.1, -0.05) is 54.6 Å². The van der Waals surface area contributed by atoms with Crippen LogP contribution in [0.5, 0.6) is 5.75 Å². The Morgan fingerprint density at radius 3 is 2.20 bits per heavy atom. The van der Waals surface area contributed by atoms with Crippen LogP contribution in [0.25, 0.3) is 11.1 Å². The van der Waals surface area contributed by atoms with Crippen molar-refractivity contribution in [2.75, 3.05) is 4.90 Å². The predicted octanol–water partition coefficient (Wildman–Crippen LogP) is 5.32. The average Bonchev–Trinajstić information content (AvgIpc) is 3.27. The molecule has 1 aliphatic heterocycles. The third-order valence-corrected chi connectivity index (χ3v) is 8.40. The maximum atomic E-state index is 13.3. The molecule has 0 aliphatic carbocycles. The van der Waals surface area contributed by atoms with Crippen LogP contribution in [-0.4, -0.2) is 31.2 Å². The number of thiocarbonyl (C=S) groups is 1. The largest absolute Gasteiger partial charge is 0.508 e. The molecule has 5 rings (SSSR count). The molecule has 4 aromatic carbocycles. The van der Waals surface area contributed by atoms with Crippen LogP contribution in [0.15, 0.2) is 97.1 Å². The highest BCUT2D eigenvalue weighted by Gasteiger charge is 2.40. The van der Waals surface area contributed by atoms with Crippen molar-refractivity contribution in [1.29, 1.82) is 0 Å². The number of aromatic hydroxyl groups is 1. The molecule has 3 atom stereocenters. The van der Waals surface area contributed by atoms with Crippen LogP contribution in [0.1, 0.15) is 36.1 Å². The predicted molar refractivity (Wildman–Crippen MR) is 157 cm³/mol. The van der Waals surface area contributed by atoms with Crippen LogP contribution < -0.4 is 15.5 Å². The SMILES string of the molecule is O=P(O)(O)c1ccc(-c2ccc([C@@H]3[C@H](CCC(O)c4ccc(F)cc4)NC(=S)N3c3ccccc3)c(O)c2)cc1. The third-order valence-electron chi connectivity index (χ3n) is 7.11. The number of hydrogen-bond acceptors (Lipinski definition) is 4. The van der Waals surface area contributed by atoms with Gasteiger partial charge in [0.1, 0.15) is 11.6 Å². The number of nitrogens with zero attached hydrogens (tertiary/aromatic N) is 1. The van der Waals surface area contributed by atoms with Gasteiger partial charge in [0.25, 0.3) is 0 Å². The average molecular weight is 579 g/mol. The zero-order valence-electron chi connectivity index (χ0n) is 21.3. The lowest BCUT2D eigenvalue weighted by Crippen LogP contribution is -2.29. The van der Waals surface area contributed by atoms with Gasteiger partial charge >= 0.3 is 7.60 Å². The van der Waals surface area contributed by atoms with E-state index in [0.29, 0.717) is 40.2 Å². The molecule has 0 radical (unpaired) electrons. The standard InChI is InChI=1S/C30H28FN2O5PS/c31-22-11-6-20(7-12-22)27(34)17-16-26-29(33(30(40)32-26)23-4-2-1-3-5-23)25-15-10-21(18-28(25)35)19-8-13-24(14-9-19)39(36,37)38/h1-15,18,26-27,29,34-35H,16-17H2,(H,32,40)(H2,36,37,38)/t26-,27?,29+/m0/s1. The van der Waals surface area contributed by atoms with Crippen molar-refractivity contribution in [3.8, 4) is 16.9 Å². The molecule has 4 aromatic rings. The number of anilines is 1. The van der Waals surface area contributed by atoms with Crippen LogP contribution in [-0.2, 0) is 4.57 Å². The van der Waals surface area contributed by atoms with Gasteiger partial charge in [0.2, 0.25) is 0 Å². The molecule has 0 spiro atoms. The first kappa shape index (κ1) is 28.0. The Balaban J connectivity index is 1.45. The van der Waals surface area contributed by atoms with Gasteiger partial charge in [0.05, 0.1) is 23.5 Å². The van der Waals surface area contributed by atoms with Crippen molar-refractivity contribution in [3.05, 3.63) is 114 Å². The number of para-hydroxylation sites is 1. The number of aliphatic hydroxyl groups is 1. The van der Waals surface area contributed by atoms with E-state index in [1.165, 1.54) is 24.3 Å². The van der Waals surface area contributed by atoms with E-state index in [0.717, 1.165) is 5.69 Å². The zero-order valence-corrected chi connectivity index (χ0v) is 23.0. The number of rotatable bonds is 8. The molecule has 1 aliphatic rings. The summed E-state index contributed by atoms with van der Waals surface area (Å²) >= 11 is 5.72. The smallest absolute Gasteiger partial charge is 0.356 e. The van der Waals surface area contributed by atoms with E-state index in [2.05, 4.69) is 5.32 Å². The first-order valence-corrected chi connectivity index (χ1v) is 14.7. The summed E-state index contributed by atoms with van der Waals surface area (Å²) in [6.07, 6.45) is 0.0996. The molecule has 1 heterocycles. The molecular formula is C30H28FN2O5PS. The number of halogens is 1. The fraction of sp³-hybridized carbons (Fsp3) is 0.167. The topological polar surface area (TPSA) is 113 Å². The second-order valence-electron chi connectivity index (χ2n) is 9.72. The number of aliphatic hydroxyl groups excluding tert-OH is 1. The summed E-state index contributed by atoms with van der Waals surface area (Å²) in [7, 11) is -4.35. The zero-order chi connectivity index (χ0) is 28.4. The summed E-state index contributed by atoms with van der Waals surface area (Å²) < 4.78 is 24.9. The second-order valence-corrected chi connectivity index (χ2v) is 11.7. The lowest BCUT2D eigenvalue weighted by molar-refractivity contribution is 0.159. The Labute approximate surface area is 236 Å². The molecule has 10 heteroatoms. The summed E-state index contributed by atoms with van der Waals surface area (Å²) in [5, 5.41) is 25.8. The Morgan fingerprint density at radius 2 is 1.57 bits per heavy atom. The van der Waals surface area contributed by atoms with E-state index in [9.17, 15) is 29.0 Å². The molecule has 206 valence electrons. The molecule has 1 unspecified atom stereocenters. The van der Waals surface area contributed by atoms with Crippen LogP contribution in [0.4, 0.5) is 10.1 Å². The Morgan fingerprint density at radius 1 is 0.925 bits per heavy atom. The van der Waals surface area contributed by atoms with Gasteiger partial charge in [0, 0.05) is 11.3 Å². The maximum absolute atomic E-state index is 13.3. The van der Waals surface area contributed by atoms with Crippen LogP contribution >= 0.6 is 19.8 Å². The summed E-state index contributed by atoms with van der Waals surface area (Å²) in [5.74, 6) is -0.327. The molecule has 0 saturated carbocycles. The van der Waals surface area contributed by atoms with E-state index in [4.69, 9.17) is 12.2 Å². The summed E-state index contributed by atoms with van der Waals surface area (Å²) in [6.45, 7) is 0. The van der Waals surface area contributed by atoms with Crippen LogP contribution in [0.3, 0.4) is 0 Å². The molecule has 5 N–H and O–H groups in total. The van der Waals surface area contributed by atoms with Crippen molar-refractivity contribution < 1.29 is 29.0 Å². The third kappa shape index (κ3) is 5.94. The molecule has 0 bridgehead atoms. The van der Waals surface area contributed by atoms with Crippen molar-refractivity contribution >= 4 is 35.9 Å². The molecule has 1 fully saturated rings. The first-order valence-electron chi connectivity index (χ1n) is 12.7. The lowest BCUT2D eigenvalue weighted by atomic mass is 9.91. The molecule has 1 saturated heterocycles. The second kappa shape index (κ2) is 11.5. The normalized spacial score (nSPS) is 18.0. The monoisotopic (exact) mass is 578 g/mol. The van der Waals surface area contributed by atoms with Crippen molar-refractivity contribution in [3.63, 3.8) is 0 Å². The Hall–Kier alpha value is -3.59. The van der Waals surface area contributed by atoms with Crippen molar-refractivity contribution in [2.24, 2.45) is 0 Å². The molecular weight excluding hydrogens is 550 g/mol. The first-order chi connectivity index (χ1) is 19.1. The number of phenols is 1. The maximum Gasteiger partial charge on any atom is 0.356 e. The number of hydrogen-bond donors (Lipinski definition) is 5. The number of phenolic OH excluding ortho intramolecular Hbond substituents is 1. The van der Waals surface area contributed by atoms with E-state index < -0.39 is 13.7 Å². The highest BCUT2D eigenvalue weighted by molar-refractivity contribution is 7.80. The minimum absolute atomic E-state index is 0.0399. The van der Waals surface area contributed by atoms with Crippen molar-refractivity contribution in [2.45, 2.75) is 31.0 Å². The minimum atomic E-state index is -4.35. The highest BCUT2D eigenvalue weighted by atomic mass is 32.1.